The maximum Gasteiger partial charge on any atom is 0.320 e. The first kappa shape index (κ1) is 30.4. The Morgan fingerprint density at radius 1 is 0.621 bits per heavy atom. The highest BCUT2D eigenvalue weighted by Gasteiger charge is 2.25. The zero-order chi connectivity index (χ0) is 21.9. The van der Waals surface area contributed by atoms with Gasteiger partial charge in [0.05, 0.1) is 6.61 Å². The summed E-state index contributed by atoms with van der Waals surface area (Å²) in [6, 6.07) is 0. The van der Waals surface area contributed by atoms with Crippen LogP contribution < -0.4 is 0 Å². The quantitative estimate of drug-likeness (QED) is 0.0734. The lowest BCUT2D eigenvalue weighted by Crippen LogP contribution is -2.27. The summed E-state index contributed by atoms with van der Waals surface area (Å²) < 4.78 is 5.51. The van der Waals surface area contributed by atoms with E-state index in [-0.39, 0.29) is 15.6 Å². The second-order valence-corrected chi connectivity index (χ2v) is 12.5. The van der Waals surface area contributed by atoms with Gasteiger partial charge < -0.3 is 4.74 Å². The Morgan fingerprint density at radius 3 is 1.55 bits per heavy atom. The van der Waals surface area contributed by atoms with Crippen molar-refractivity contribution in [2.24, 2.45) is 0 Å². The third-order valence-electron chi connectivity index (χ3n) is 5.24. The summed E-state index contributed by atoms with van der Waals surface area (Å²) in [5, 5.41) is 0. The fourth-order valence-electron chi connectivity index (χ4n) is 3.25. The highest BCUT2D eigenvalue weighted by atomic mass is 79.9. The van der Waals surface area contributed by atoms with E-state index in [1.165, 1.54) is 77.0 Å². The summed E-state index contributed by atoms with van der Waals surface area (Å²) in [5.74, 6) is -0.153. The lowest BCUT2D eigenvalue weighted by molar-refractivity contribution is -0.142. The second-order valence-electron chi connectivity index (χ2n) is 8.02. The molecular formula is C23H42Br4O2. The number of hydrogen-bond donors (Lipinski definition) is 0. The molecule has 6 heteroatoms. The molecule has 0 aromatic rings. The first-order chi connectivity index (χ1) is 13.9. The van der Waals surface area contributed by atoms with Crippen LogP contribution in [0.1, 0.15) is 110 Å². The SMILES string of the molecule is CCCCCCCCC(Br)C(Br)CCOC(=O)C(Br)C(Br)CCCCCCCC. The van der Waals surface area contributed by atoms with Gasteiger partial charge in [-0.1, -0.05) is 155 Å². The maximum absolute atomic E-state index is 12.3. The smallest absolute Gasteiger partial charge is 0.320 e. The lowest BCUT2D eigenvalue weighted by Gasteiger charge is -2.19. The van der Waals surface area contributed by atoms with Crippen LogP contribution in [0.25, 0.3) is 0 Å². The standard InChI is InChI=1S/C23H42Br4O2/c1-3-5-7-9-11-13-15-19(24)20(25)17-18-29-23(28)22(27)21(26)16-14-12-10-8-6-4-2/h19-22H,3-18H2,1-2H3. The first-order valence-corrected chi connectivity index (χ1v) is 15.3. The van der Waals surface area contributed by atoms with Crippen molar-refractivity contribution in [1.82, 2.24) is 0 Å². The molecule has 0 N–H and O–H groups in total. The molecule has 0 fully saturated rings. The molecular weight excluding hydrogens is 628 g/mol. The molecule has 4 atom stereocenters. The summed E-state index contributed by atoms with van der Waals surface area (Å²) in [7, 11) is 0. The van der Waals surface area contributed by atoms with Crippen LogP contribution in [0, 0.1) is 0 Å². The van der Waals surface area contributed by atoms with Crippen molar-refractivity contribution in [3.63, 3.8) is 0 Å². The van der Waals surface area contributed by atoms with E-state index in [0.29, 0.717) is 16.3 Å². The molecule has 0 amide bonds. The predicted octanol–water partition coefficient (Wildman–Crippen LogP) is 9.47. The minimum atomic E-state index is -0.269. The van der Waals surface area contributed by atoms with Crippen LogP contribution in [0.2, 0.25) is 0 Å². The molecule has 174 valence electrons. The zero-order valence-electron chi connectivity index (χ0n) is 18.5. The number of alkyl halides is 4. The second kappa shape index (κ2) is 21.2. The van der Waals surface area contributed by atoms with Crippen LogP contribution in [0.4, 0.5) is 0 Å². The van der Waals surface area contributed by atoms with Gasteiger partial charge in [-0.15, -0.1) is 0 Å². The summed E-state index contributed by atoms with van der Waals surface area (Å²) in [5.41, 5.74) is 0. The molecule has 0 heterocycles. The van der Waals surface area contributed by atoms with E-state index in [2.05, 4.69) is 77.6 Å². The Morgan fingerprint density at radius 2 is 1.03 bits per heavy atom. The maximum atomic E-state index is 12.3. The first-order valence-electron chi connectivity index (χ1n) is 11.7. The third-order valence-corrected chi connectivity index (χ3v) is 10.8. The van der Waals surface area contributed by atoms with Gasteiger partial charge in [-0.25, -0.2) is 0 Å². The third kappa shape index (κ3) is 17.6. The average molecular weight is 670 g/mol. The van der Waals surface area contributed by atoms with Gasteiger partial charge in [-0.3, -0.25) is 4.79 Å². The van der Waals surface area contributed by atoms with E-state index < -0.39 is 0 Å². The van der Waals surface area contributed by atoms with Crippen molar-refractivity contribution in [2.45, 2.75) is 129 Å². The normalized spacial score (nSPS) is 15.7. The molecule has 0 radical (unpaired) electrons. The van der Waals surface area contributed by atoms with Gasteiger partial charge in [-0.2, -0.15) is 0 Å². The fraction of sp³-hybridized carbons (Fsp3) is 0.957. The van der Waals surface area contributed by atoms with Crippen LogP contribution in [0.3, 0.4) is 0 Å². The molecule has 4 unspecified atom stereocenters. The van der Waals surface area contributed by atoms with Gasteiger partial charge in [0.25, 0.3) is 0 Å². The van der Waals surface area contributed by atoms with E-state index in [1.807, 2.05) is 0 Å². The van der Waals surface area contributed by atoms with E-state index in [0.717, 1.165) is 19.3 Å². The van der Waals surface area contributed by atoms with Gasteiger partial charge in [0.2, 0.25) is 0 Å². The topological polar surface area (TPSA) is 26.3 Å². The number of rotatable bonds is 20. The molecule has 0 bridgehead atoms. The minimum Gasteiger partial charge on any atom is -0.465 e. The van der Waals surface area contributed by atoms with Crippen LogP contribution in [-0.4, -0.2) is 31.9 Å². The molecule has 0 saturated heterocycles. The van der Waals surface area contributed by atoms with Gasteiger partial charge >= 0.3 is 5.97 Å². The summed E-state index contributed by atoms with van der Waals surface area (Å²) in [4.78, 5) is 12.9. The summed E-state index contributed by atoms with van der Waals surface area (Å²) in [6.07, 6.45) is 18.6. The number of carbonyl (C=O) groups is 1. The average Bonchev–Trinajstić information content (AvgIpc) is 2.71. The van der Waals surface area contributed by atoms with Crippen molar-refractivity contribution in [1.29, 1.82) is 0 Å². The van der Waals surface area contributed by atoms with Crippen LogP contribution >= 0.6 is 63.7 Å². The Bertz CT molecular complexity index is 382. The van der Waals surface area contributed by atoms with E-state index in [1.54, 1.807) is 0 Å². The highest BCUT2D eigenvalue weighted by Crippen LogP contribution is 2.25. The number of carbonyl (C=O) groups excluding carboxylic acids is 1. The Hall–Kier alpha value is 1.39. The molecule has 2 nitrogen and oxygen atoms in total. The molecule has 0 spiro atoms. The van der Waals surface area contributed by atoms with Crippen LogP contribution in [0.15, 0.2) is 0 Å². The molecule has 0 aliphatic heterocycles. The van der Waals surface area contributed by atoms with E-state index >= 15 is 0 Å². The highest BCUT2D eigenvalue weighted by molar-refractivity contribution is 9.12. The van der Waals surface area contributed by atoms with Gasteiger partial charge in [-0.05, 0) is 19.3 Å². The molecule has 0 aromatic carbocycles. The zero-order valence-corrected chi connectivity index (χ0v) is 24.8. The van der Waals surface area contributed by atoms with Crippen LogP contribution in [0.5, 0.6) is 0 Å². The largest absolute Gasteiger partial charge is 0.465 e. The van der Waals surface area contributed by atoms with Crippen molar-refractivity contribution in [2.75, 3.05) is 6.61 Å². The Kier molecular flexibility index (Phi) is 22.3. The summed E-state index contributed by atoms with van der Waals surface area (Å²) in [6.45, 7) is 4.95. The predicted molar refractivity (Wildman–Crippen MR) is 142 cm³/mol. The van der Waals surface area contributed by atoms with Crippen molar-refractivity contribution >= 4 is 69.7 Å². The van der Waals surface area contributed by atoms with Gasteiger partial charge in [0.15, 0.2) is 0 Å². The van der Waals surface area contributed by atoms with E-state index in [9.17, 15) is 4.79 Å². The minimum absolute atomic E-state index is 0.137. The van der Waals surface area contributed by atoms with Gasteiger partial charge in [0, 0.05) is 14.5 Å². The monoisotopic (exact) mass is 666 g/mol. The number of ether oxygens (including phenoxy) is 1. The number of hydrogen-bond acceptors (Lipinski definition) is 2. The summed E-state index contributed by atoms with van der Waals surface area (Å²) >= 11 is 14.7. The molecule has 0 aromatic heterocycles. The van der Waals surface area contributed by atoms with Crippen molar-refractivity contribution < 1.29 is 9.53 Å². The van der Waals surface area contributed by atoms with Crippen molar-refractivity contribution in [3.8, 4) is 0 Å². The van der Waals surface area contributed by atoms with E-state index in [4.69, 9.17) is 4.74 Å². The fourth-order valence-corrected chi connectivity index (χ4v) is 5.22. The Labute approximate surface area is 214 Å². The molecule has 0 rings (SSSR count). The molecule has 0 saturated carbocycles. The van der Waals surface area contributed by atoms with Gasteiger partial charge in [0.1, 0.15) is 4.83 Å². The van der Waals surface area contributed by atoms with Crippen LogP contribution in [-0.2, 0) is 9.53 Å². The number of unbranched alkanes of at least 4 members (excludes halogenated alkanes) is 10. The molecule has 0 aliphatic carbocycles. The lowest BCUT2D eigenvalue weighted by atomic mass is 10.1. The van der Waals surface area contributed by atoms with Crippen molar-refractivity contribution in [3.05, 3.63) is 0 Å². The molecule has 29 heavy (non-hydrogen) atoms. The number of esters is 1. The molecule has 0 aliphatic rings. The Balaban J connectivity index is 3.82. The number of halogens is 4.